The lowest BCUT2D eigenvalue weighted by atomic mass is 9.95. The summed E-state index contributed by atoms with van der Waals surface area (Å²) in [4.78, 5) is 7.05. The molecule has 6 nitrogen and oxygen atoms in total. The van der Waals surface area contributed by atoms with Gasteiger partial charge in [-0.1, -0.05) is 6.92 Å². The number of sulfonamides is 1. The van der Waals surface area contributed by atoms with Crippen LogP contribution in [-0.2, 0) is 16.6 Å². The molecule has 1 fully saturated rings. The number of imidazole rings is 1. The minimum Gasteiger partial charge on any atom is -0.347 e. The van der Waals surface area contributed by atoms with Crippen LogP contribution in [0.5, 0.6) is 0 Å². The van der Waals surface area contributed by atoms with Gasteiger partial charge < -0.3 is 10.3 Å². The largest absolute Gasteiger partial charge is 0.347 e. The fraction of sp³-hybridized carbons (Fsp3) is 0.769. The van der Waals surface area contributed by atoms with Gasteiger partial charge in [-0.25, -0.2) is 17.7 Å². The summed E-state index contributed by atoms with van der Waals surface area (Å²) in [5, 5.41) is 3.14. The molecule has 114 valence electrons. The Bertz CT molecular complexity index is 512. The predicted molar refractivity (Wildman–Crippen MR) is 78.6 cm³/mol. The monoisotopic (exact) mass is 300 g/mol. The van der Waals surface area contributed by atoms with Crippen molar-refractivity contribution < 1.29 is 8.42 Å². The van der Waals surface area contributed by atoms with Gasteiger partial charge in [0.2, 0.25) is 10.0 Å². The average molecular weight is 300 g/mol. The molecule has 0 aromatic carbocycles. The van der Waals surface area contributed by atoms with Gasteiger partial charge in [-0.3, -0.25) is 0 Å². The molecule has 20 heavy (non-hydrogen) atoms. The minimum absolute atomic E-state index is 0.306. The quantitative estimate of drug-likeness (QED) is 0.848. The molecule has 7 heteroatoms. The molecule has 0 radical (unpaired) electrons. The molecule has 2 N–H and O–H groups in total. The van der Waals surface area contributed by atoms with Crippen molar-refractivity contribution in [3.05, 3.63) is 18.2 Å². The zero-order valence-electron chi connectivity index (χ0n) is 12.3. The van der Waals surface area contributed by atoms with Crippen molar-refractivity contribution in [1.82, 2.24) is 19.6 Å². The first-order chi connectivity index (χ1) is 9.41. The maximum absolute atomic E-state index is 12.2. The van der Waals surface area contributed by atoms with Crippen LogP contribution in [0.4, 0.5) is 0 Å². The fourth-order valence-electron chi connectivity index (χ4n) is 2.56. The van der Waals surface area contributed by atoms with E-state index in [-0.39, 0.29) is 5.25 Å². The Morgan fingerprint density at radius 2 is 2.30 bits per heavy atom. The van der Waals surface area contributed by atoms with Crippen LogP contribution >= 0.6 is 0 Å². The summed E-state index contributed by atoms with van der Waals surface area (Å²) >= 11 is 0. The molecule has 0 saturated carbocycles. The van der Waals surface area contributed by atoms with Gasteiger partial charge in [-0.05, 0) is 26.2 Å². The molecule has 2 rings (SSSR count). The SMILES string of the molecule is CC(C)S(=O)(=O)N1CC[C@H](NCc2cnc[nH]2)[C@@H](C)C1. The topological polar surface area (TPSA) is 78.1 Å². The van der Waals surface area contributed by atoms with E-state index >= 15 is 0 Å². The van der Waals surface area contributed by atoms with Crippen LogP contribution in [0, 0.1) is 5.92 Å². The number of hydrogen-bond acceptors (Lipinski definition) is 4. The molecule has 1 aromatic rings. The van der Waals surface area contributed by atoms with Crippen molar-refractivity contribution in [1.29, 1.82) is 0 Å². The lowest BCUT2D eigenvalue weighted by Crippen LogP contribution is -2.51. The van der Waals surface area contributed by atoms with Crippen molar-refractivity contribution in [3.63, 3.8) is 0 Å². The first-order valence-electron chi connectivity index (χ1n) is 7.11. The average Bonchev–Trinajstić information content (AvgIpc) is 2.90. The van der Waals surface area contributed by atoms with E-state index in [1.165, 1.54) is 0 Å². The summed E-state index contributed by atoms with van der Waals surface area (Å²) in [6, 6.07) is 0.344. The Morgan fingerprint density at radius 1 is 1.55 bits per heavy atom. The molecule has 2 heterocycles. The molecule has 0 unspecified atom stereocenters. The molecule has 0 bridgehead atoms. The second kappa shape index (κ2) is 6.24. The van der Waals surface area contributed by atoms with Crippen molar-refractivity contribution in [2.75, 3.05) is 13.1 Å². The highest BCUT2D eigenvalue weighted by atomic mass is 32.2. The molecule has 2 atom stereocenters. The van der Waals surface area contributed by atoms with Crippen molar-refractivity contribution in [3.8, 4) is 0 Å². The highest BCUT2D eigenvalue weighted by Crippen LogP contribution is 2.21. The number of aromatic amines is 1. The second-order valence-electron chi connectivity index (χ2n) is 5.78. The van der Waals surface area contributed by atoms with Crippen molar-refractivity contribution >= 4 is 10.0 Å². The summed E-state index contributed by atoms with van der Waals surface area (Å²) < 4.78 is 26.0. The zero-order chi connectivity index (χ0) is 14.8. The van der Waals surface area contributed by atoms with E-state index in [4.69, 9.17) is 0 Å². The second-order valence-corrected chi connectivity index (χ2v) is 8.27. The molecule has 1 aliphatic rings. The lowest BCUT2D eigenvalue weighted by Gasteiger charge is -2.37. The minimum atomic E-state index is -3.13. The molecular formula is C13H24N4O2S. The normalized spacial score (nSPS) is 25.2. The van der Waals surface area contributed by atoms with Gasteiger partial charge in [0.15, 0.2) is 0 Å². The number of rotatable bonds is 5. The Kier molecular flexibility index (Phi) is 4.82. The Morgan fingerprint density at radius 3 is 2.85 bits per heavy atom. The Balaban J connectivity index is 1.89. The third kappa shape index (κ3) is 3.39. The van der Waals surface area contributed by atoms with E-state index < -0.39 is 10.0 Å². The van der Waals surface area contributed by atoms with Gasteiger partial charge in [-0.15, -0.1) is 0 Å². The molecule has 1 aromatic heterocycles. The van der Waals surface area contributed by atoms with Gasteiger partial charge in [0.05, 0.1) is 11.6 Å². The van der Waals surface area contributed by atoms with Crippen LogP contribution in [-0.4, -0.2) is 47.1 Å². The first kappa shape index (κ1) is 15.5. The van der Waals surface area contributed by atoms with E-state index in [0.29, 0.717) is 25.0 Å². The molecular weight excluding hydrogens is 276 g/mol. The smallest absolute Gasteiger partial charge is 0.216 e. The number of nitrogens with zero attached hydrogens (tertiary/aromatic N) is 2. The maximum atomic E-state index is 12.2. The fourth-order valence-corrected chi connectivity index (χ4v) is 3.96. The molecule has 0 spiro atoms. The van der Waals surface area contributed by atoms with E-state index in [2.05, 4.69) is 22.2 Å². The third-order valence-corrected chi connectivity index (χ3v) is 6.18. The lowest BCUT2D eigenvalue weighted by molar-refractivity contribution is 0.218. The Labute approximate surface area is 121 Å². The van der Waals surface area contributed by atoms with E-state index in [9.17, 15) is 8.42 Å². The highest BCUT2D eigenvalue weighted by molar-refractivity contribution is 7.89. The van der Waals surface area contributed by atoms with Gasteiger partial charge in [0, 0.05) is 37.6 Å². The van der Waals surface area contributed by atoms with E-state index in [0.717, 1.165) is 18.7 Å². The molecule has 0 aliphatic carbocycles. The van der Waals surface area contributed by atoms with E-state index in [1.54, 1.807) is 30.7 Å². The third-order valence-electron chi connectivity index (χ3n) is 3.93. The van der Waals surface area contributed by atoms with Crippen LogP contribution in [0.1, 0.15) is 32.9 Å². The molecule has 0 amide bonds. The van der Waals surface area contributed by atoms with Crippen LogP contribution in [0.15, 0.2) is 12.5 Å². The van der Waals surface area contributed by atoms with Crippen LogP contribution in [0.3, 0.4) is 0 Å². The number of H-pyrrole nitrogens is 1. The van der Waals surface area contributed by atoms with Crippen LogP contribution in [0.25, 0.3) is 0 Å². The van der Waals surface area contributed by atoms with Gasteiger partial charge in [0.25, 0.3) is 0 Å². The number of aromatic nitrogens is 2. The van der Waals surface area contributed by atoms with Crippen molar-refractivity contribution in [2.24, 2.45) is 5.92 Å². The summed E-state index contributed by atoms with van der Waals surface area (Å²) in [5.41, 5.74) is 1.05. The van der Waals surface area contributed by atoms with E-state index in [1.807, 2.05) is 0 Å². The van der Waals surface area contributed by atoms with Crippen LogP contribution < -0.4 is 5.32 Å². The van der Waals surface area contributed by atoms with Gasteiger partial charge in [0.1, 0.15) is 0 Å². The summed E-state index contributed by atoms with van der Waals surface area (Å²) in [6.45, 7) is 7.52. The maximum Gasteiger partial charge on any atom is 0.216 e. The summed E-state index contributed by atoms with van der Waals surface area (Å²) in [5.74, 6) is 0.306. The number of piperidine rings is 1. The van der Waals surface area contributed by atoms with Gasteiger partial charge in [-0.2, -0.15) is 0 Å². The standard InChI is InChI=1S/C13H24N4O2S/c1-10(2)20(18,19)17-5-4-13(11(3)8-17)15-7-12-6-14-9-16-12/h6,9-11,13,15H,4-5,7-8H2,1-3H3,(H,14,16)/t11-,13-/m0/s1. The predicted octanol–water partition coefficient (Wildman–Crippen LogP) is 0.948. The zero-order valence-corrected chi connectivity index (χ0v) is 13.2. The molecule has 1 saturated heterocycles. The highest BCUT2D eigenvalue weighted by Gasteiger charge is 2.33. The molecule has 1 aliphatic heterocycles. The first-order valence-corrected chi connectivity index (χ1v) is 8.61. The summed E-state index contributed by atoms with van der Waals surface area (Å²) in [6.07, 6.45) is 4.32. The Hall–Kier alpha value is -0.920. The number of nitrogens with one attached hydrogen (secondary N) is 2. The van der Waals surface area contributed by atoms with Crippen molar-refractivity contribution in [2.45, 2.75) is 45.0 Å². The number of hydrogen-bond donors (Lipinski definition) is 2. The van der Waals surface area contributed by atoms with Crippen LogP contribution in [0.2, 0.25) is 0 Å². The van der Waals surface area contributed by atoms with Gasteiger partial charge >= 0.3 is 0 Å². The summed E-state index contributed by atoms with van der Waals surface area (Å²) in [7, 11) is -3.13.